The Morgan fingerprint density at radius 3 is 2.57 bits per heavy atom. The van der Waals surface area contributed by atoms with E-state index in [0.717, 1.165) is 37.2 Å². The number of carbonyl (C=O) groups is 2. The highest BCUT2D eigenvalue weighted by molar-refractivity contribution is 5.99. The van der Waals surface area contributed by atoms with Gasteiger partial charge in [0, 0.05) is 32.6 Å². The minimum atomic E-state index is -0.430. The van der Waals surface area contributed by atoms with E-state index in [2.05, 4.69) is 10.2 Å². The second kappa shape index (κ2) is 8.86. The van der Waals surface area contributed by atoms with Crippen molar-refractivity contribution in [1.82, 2.24) is 4.90 Å². The summed E-state index contributed by atoms with van der Waals surface area (Å²) in [5, 5.41) is 2.90. The van der Waals surface area contributed by atoms with Gasteiger partial charge in [0.2, 0.25) is 11.8 Å². The monoisotopic (exact) mass is 409 g/mol. The molecular weight excluding hydrogens is 381 g/mol. The third-order valence-corrected chi connectivity index (χ3v) is 5.99. The molecule has 2 aliphatic rings. The Kier molecular flexibility index (Phi) is 6.02. The van der Waals surface area contributed by atoms with Crippen molar-refractivity contribution in [2.24, 2.45) is 5.92 Å². The van der Waals surface area contributed by atoms with Crippen LogP contribution in [-0.2, 0) is 16.1 Å². The number of rotatable bonds is 5. The lowest BCUT2D eigenvalue weighted by Crippen LogP contribution is -2.32. The Labute approximate surface area is 176 Å². The van der Waals surface area contributed by atoms with Crippen LogP contribution in [-0.4, -0.2) is 36.3 Å². The summed E-state index contributed by atoms with van der Waals surface area (Å²) in [6.07, 6.45) is 3.57. The van der Waals surface area contributed by atoms with Crippen molar-refractivity contribution in [2.45, 2.75) is 39.2 Å². The van der Waals surface area contributed by atoms with Gasteiger partial charge in [0.1, 0.15) is 5.82 Å². The van der Waals surface area contributed by atoms with E-state index < -0.39 is 5.92 Å². The number of halogens is 1. The molecule has 0 bridgehead atoms. The molecule has 2 heterocycles. The van der Waals surface area contributed by atoms with E-state index in [1.807, 2.05) is 31.2 Å². The van der Waals surface area contributed by atoms with Crippen LogP contribution in [0.3, 0.4) is 0 Å². The summed E-state index contributed by atoms with van der Waals surface area (Å²) in [4.78, 5) is 29.3. The number of amides is 2. The van der Waals surface area contributed by atoms with E-state index in [0.29, 0.717) is 18.8 Å². The average molecular weight is 410 g/mol. The van der Waals surface area contributed by atoms with Crippen LogP contribution in [0.5, 0.6) is 0 Å². The van der Waals surface area contributed by atoms with Crippen molar-refractivity contribution in [3.63, 3.8) is 0 Å². The lowest BCUT2D eigenvalue weighted by Gasteiger charge is -2.30. The van der Waals surface area contributed by atoms with Gasteiger partial charge < -0.3 is 15.1 Å². The number of nitrogens with zero attached hydrogens (tertiary/aromatic N) is 2. The zero-order valence-corrected chi connectivity index (χ0v) is 17.4. The molecule has 2 aliphatic heterocycles. The number of carbonyl (C=O) groups excluding carboxylic acids is 2. The summed E-state index contributed by atoms with van der Waals surface area (Å²) in [7, 11) is 0. The highest BCUT2D eigenvalue weighted by atomic mass is 19.1. The third-order valence-electron chi connectivity index (χ3n) is 5.99. The Bertz CT molecular complexity index is 923. The molecule has 2 saturated heterocycles. The average Bonchev–Trinajstić information content (AvgIpc) is 3.11. The van der Waals surface area contributed by atoms with Crippen LogP contribution in [0, 0.1) is 18.7 Å². The molecule has 0 aliphatic carbocycles. The van der Waals surface area contributed by atoms with Crippen molar-refractivity contribution in [1.29, 1.82) is 0 Å². The van der Waals surface area contributed by atoms with Gasteiger partial charge in [0.15, 0.2) is 0 Å². The minimum absolute atomic E-state index is 0.0220. The normalized spacial score (nSPS) is 19.3. The van der Waals surface area contributed by atoms with Crippen LogP contribution in [0.1, 0.15) is 36.8 Å². The van der Waals surface area contributed by atoms with Crippen LogP contribution in [0.15, 0.2) is 42.5 Å². The quantitative estimate of drug-likeness (QED) is 0.809. The number of benzene rings is 2. The lowest BCUT2D eigenvalue weighted by atomic mass is 10.1. The van der Waals surface area contributed by atoms with Gasteiger partial charge in [0.25, 0.3) is 0 Å². The van der Waals surface area contributed by atoms with E-state index in [1.165, 1.54) is 24.1 Å². The topological polar surface area (TPSA) is 52.7 Å². The van der Waals surface area contributed by atoms with Crippen LogP contribution in [0.2, 0.25) is 0 Å². The fourth-order valence-corrected chi connectivity index (χ4v) is 4.27. The highest BCUT2D eigenvalue weighted by Crippen LogP contribution is 2.31. The first-order valence-electron chi connectivity index (χ1n) is 10.7. The van der Waals surface area contributed by atoms with Crippen molar-refractivity contribution >= 4 is 23.2 Å². The number of likely N-dealkylation sites (tertiary alicyclic amines) is 1. The predicted molar refractivity (Wildman–Crippen MR) is 116 cm³/mol. The van der Waals surface area contributed by atoms with Crippen LogP contribution < -0.4 is 10.2 Å². The smallest absolute Gasteiger partial charge is 0.229 e. The number of hydrogen-bond donors (Lipinski definition) is 1. The fourth-order valence-electron chi connectivity index (χ4n) is 4.27. The number of piperidine rings is 1. The molecule has 0 spiro atoms. The molecule has 158 valence electrons. The standard InChI is InChI=1S/C24H28FN3O2/c1-17-5-7-18(8-6-17)15-28-16-19(13-23(28)29)24(30)26-21-14-20(25)9-10-22(21)27-11-3-2-4-12-27/h5-10,14,19H,2-4,11-13,15-16H2,1H3,(H,26,30). The molecule has 30 heavy (non-hydrogen) atoms. The molecule has 1 unspecified atom stereocenters. The van der Waals surface area contributed by atoms with Crippen LogP contribution in [0.4, 0.5) is 15.8 Å². The molecule has 2 aromatic carbocycles. The molecule has 1 N–H and O–H groups in total. The molecule has 2 aromatic rings. The lowest BCUT2D eigenvalue weighted by molar-refractivity contribution is -0.128. The predicted octanol–water partition coefficient (Wildman–Crippen LogP) is 4.11. The Balaban J connectivity index is 1.43. The summed E-state index contributed by atoms with van der Waals surface area (Å²) >= 11 is 0. The summed E-state index contributed by atoms with van der Waals surface area (Å²) in [6, 6.07) is 12.6. The molecule has 0 aromatic heterocycles. The van der Waals surface area contributed by atoms with Gasteiger partial charge >= 0.3 is 0 Å². The molecule has 4 rings (SSSR count). The second-order valence-electron chi connectivity index (χ2n) is 8.36. The maximum absolute atomic E-state index is 13.9. The Morgan fingerprint density at radius 1 is 1.10 bits per heavy atom. The summed E-state index contributed by atoms with van der Waals surface area (Å²) in [5.41, 5.74) is 3.56. The first kappa shape index (κ1) is 20.4. The van der Waals surface area contributed by atoms with Crippen molar-refractivity contribution in [3.8, 4) is 0 Å². The number of anilines is 2. The maximum Gasteiger partial charge on any atom is 0.229 e. The van der Waals surface area contributed by atoms with Gasteiger partial charge in [-0.3, -0.25) is 9.59 Å². The van der Waals surface area contributed by atoms with E-state index in [4.69, 9.17) is 0 Å². The Morgan fingerprint density at radius 2 is 1.83 bits per heavy atom. The van der Waals surface area contributed by atoms with Crippen molar-refractivity contribution < 1.29 is 14.0 Å². The molecule has 0 radical (unpaired) electrons. The molecular formula is C24H28FN3O2. The molecule has 6 heteroatoms. The van der Waals surface area contributed by atoms with E-state index in [9.17, 15) is 14.0 Å². The van der Waals surface area contributed by atoms with Gasteiger partial charge in [0.05, 0.1) is 17.3 Å². The van der Waals surface area contributed by atoms with Crippen LogP contribution in [0.25, 0.3) is 0 Å². The minimum Gasteiger partial charge on any atom is -0.370 e. The molecule has 2 amide bonds. The number of aryl methyl sites for hydroxylation is 1. The largest absolute Gasteiger partial charge is 0.370 e. The maximum atomic E-state index is 13.9. The van der Waals surface area contributed by atoms with Crippen molar-refractivity contribution in [3.05, 3.63) is 59.4 Å². The first-order chi connectivity index (χ1) is 14.5. The van der Waals surface area contributed by atoms with Crippen LogP contribution >= 0.6 is 0 Å². The van der Waals surface area contributed by atoms with E-state index in [-0.39, 0.29) is 24.1 Å². The van der Waals surface area contributed by atoms with Gasteiger partial charge in [-0.05, 0) is 49.9 Å². The van der Waals surface area contributed by atoms with Gasteiger partial charge in [-0.2, -0.15) is 0 Å². The second-order valence-corrected chi connectivity index (χ2v) is 8.36. The van der Waals surface area contributed by atoms with Gasteiger partial charge in [-0.1, -0.05) is 29.8 Å². The summed E-state index contributed by atoms with van der Waals surface area (Å²) in [6.45, 7) is 4.71. The van der Waals surface area contributed by atoms with Gasteiger partial charge in [-0.25, -0.2) is 4.39 Å². The highest BCUT2D eigenvalue weighted by Gasteiger charge is 2.34. The number of nitrogens with one attached hydrogen (secondary N) is 1. The fraction of sp³-hybridized carbons (Fsp3) is 0.417. The molecule has 2 fully saturated rings. The van der Waals surface area contributed by atoms with E-state index in [1.54, 1.807) is 11.0 Å². The third kappa shape index (κ3) is 4.64. The molecule has 5 nitrogen and oxygen atoms in total. The number of hydrogen-bond acceptors (Lipinski definition) is 3. The van der Waals surface area contributed by atoms with E-state index >= 15 is 0 Å². The zero-order chi connectivity index (χ0) is 21.1. The summed E-state index contributed by atoms with van der Waals surface area (Å²) < 4.78 is 13.9. The zero-order valence-electron chi connectivity index (χ0n) is 17.4. The van der Waals surface area contributed by atoms with Gasteiger partial charge in [-0.15, -0.1) is 0 Å². The van der Waals surface area contributed by atoms with Crippen molar-refractivity contribution in [2.75, 3.05) is 29.9 Å². The summed E-state index contributed by atoms with van der Waals surface area (Å²) in [5.74, 6) is -1.06. The first-order valence-corrected chi connectivity index (χ1v) is 10.7. The molecule has 1 atom stereocenters. The Hall–Kier alpha value is -2.89. The SMILES string of the molecule is Cc1ccc(CN2CC(C(=O)Nc3cc(F)ccc3N3CCCCC3)CC2=O)cc1. The molecule has 0 saturated carbocycles.